The van der Waals surface area contributed by atoms with E-state index in [1.165, 1.54) is 12.8 Å². The van der Waals surface area contributed by atoms with Gasteiger partial charge < -0.3 is 4.74 Å². The van der Waals surface area contributed by atoms with Crippen LogP contribution in [-0.2, 0) is 9.53 Å². The molecule has 0 bridgehead atoms. The van der Waals surface area contributed by atoms with Crippen LogP contribution in [0.15, 0.2) is 60.7 Å². The lowest BCUT2D eigenvalue weighted by atomic mass is 9.92. The second-order valence-electron chi connectivity index (χ2n) is 6.89. The molecule has 0 aromatic heterocycles. The molecule has 25 heavy (non-hydrogen) atoms. The molecule has 2 fully saturated rings. The topological polar surface area (TPSA) is 41.6 Å². The van der Waals surface area contributed by atoms with Crippen molar-refractivity contribution in [3.8, 4) is 0 Å². The first-order valence-electron chi connectivity index (χ1n) is 9.20. The van der Waals surface area contributed by atoms with Crippen molar-refractivity contribution in [1.29, 1.82) is 0 Å². The number of fused-ring (bicyclic) bond motifs is 1. The minimum atomic E-state index is -0.288. The second-order valence-corrected chi connectivity index (χ2v) is 6.89. The molecule has 3 atom stereocenters. The van der Waals surface area contributed by atoms with Gasteiger partial charge in [-0.3, -0.25) is 9.80 Å². The van der Waals surface area contributed by atoms with Crippen molar-refractivity contribution in [3.63, 3.8) is 0 Å². The molecular weight excluding hydrogens is 312 g/mol. The number of ether oxygens (including phenoxy) is 1. The predicted octanol–water partition coefficient (Wildman–Crippen LogP) is 4.20. The maximum absolute atomic E-state index is 12.5. The average molecular weight is 336 g/mol. The number of hydrogen-bond acceptors (Lipinski definition) is 4. The van der Waals surface area contributed by atoms with Gasteiger partial charge in [0.2, 0.25) is 0 Å². The van der Waals surface area contributed by atoms with Crippen LogP contribution in [0.4, 0.5) is 11.4 Å². The number of rotatable bonds is 4. The van der Waals surface area contributed by atoms with Crippen LogP contribution in [-0.4, -0.2) is 18.1 Å². The maximum atomic E-state index is 12.5. The molecule has 1 N–H and O–H groups in total. The third kappa shape index (κ3) is 3.40. The molecule has 1 saturated heterocycles. The SMILES string of the molecule is O=C1OC2CCCCCC2C1NN(c1ccccc1)c1ccccc1. The van der Waals surface area contributed by atoms with Gasteiger partial charge in [-0.05, 0) is 43.5 Å². The molecule has 2 aromatic rings. The Morgan fingerprint density at radius 1 is 0.840 bits per heavy atom. The first-order chi connectivity index (χ1) is 12.3. The van der Waals surface area contributed by atoms with E-state index < -0.39 is 0 Å². The molecule has 2 aromatic carbocycles. The van der Waals surface area contributed by atoms with E-state index >= 15 is 0 Å². The molecule has 3 unspecified atom stereocenters. The molecule has 0 radical (unpaired) electrons. The van der Waals surface area contributed by atoms with E-state index in [-0.39, 0.29) is 24.0 Å². The number of carbonyl (C=O) groups excluding carboxylic acids is 1. The minimum absolute atomic E-state index is 0.0703. The van der Waals surface area contributed by atoms with Crippen LogP contribution in [0.3, 0.4) is 0 Å². The van der Waals surface area contributed by atoms with Gasteiger partial charge in [0.1, 0.15) is 12.1 Å². The number of benzene rings is 2. The first kappa shape index (κ1) is 16.2. The van der Waals surface area contributed by atoms with Gasteiger partial charge in [-0.1, -0.05) is 49.2 Å². The van der Waals surface area contributed by atoms with Crippen LogP contribution in [0.5, 0.6) is 0 Å². The van der Waals surface area contributed by atoms with Crippen molar-refractivity contribution >= 4 is 17.3 Å². The van der Waals surface area contributed by atoms with Gasteiger partial charge in [0.25, 0.3) is 0 Å². The fourth-order valence-corrected chi connectivity index (χ4v) is 3.97. The molecular formula is C21H24N2O2. The van der Waals surface area contributed by atoms with Crippen LogP contribution >= 0.6 is 0 Å². The number of nitrogens with zero attached hydrogens (tertiary/aromatic N) is 1. The standard InChI is InChI=1S/C21H24N2O2/c24-21-20(18-14-8-3-9-15-19(18)25-21)22-23(16-10-4-1-5-11-16)17-12-6-2-7-13-17/h1-2,4-7,10-13,18-20,22H,3,8-9,14-15H2. The molecule has 0 amide bonds. The summed E-state index contributed by atoms with van der Waals surface area (Å²) >= 11 is 0. The summed E-state index contributed by atoms with van der Waals surface area (Å²) in [4.78, 5) is 12.5. The number of hydrazine groups is 1. The van der Waals surface area contributed by atoms with Crippen LogP contribution in [0.25, 0.3) is 0 Å². The lowest BCUT2D eigenvalue weighted by molar-refractivity contribution is -0.143. The van der Waals surface area contributed by atoms with E-state index in [1.54, 1.807) is 0 Å². The fourth-order valence-electron chi connectivity index (χ4n) is 3.97. The number of hydrogen-bond donors (Lipinski definition) is 1. The monoisotopic (exact) mass is 336 g/mol. The Bertz CT molecular complexity index is 665. The van der Waals surface area contributed by atoms with Gasteiger partial charge in [0.15, 0.2) is 0 Å². The maximum Gasteiger partial charge on any atom is 0.325 e. The van der Waals surface area contributed by atoms with Crippen LogP contribution < -0.4 is 10.4 Å². The zero-order valence-electron chi connectivity index (χ0n) is 14.3. The molecule has 4 heteroatoms. The lowest BCUT2D eigenvalue weighted by Gasteiger charge is -2.30. The Balaban J connectivity index is 1.63. The highest BCUT2D eigenvalue weighted by atomic mass is 16.6. The molecule has 4 rings (SSSR count). The number of carbonyl (C=O) groups is 1. The quantitative estimate of drug-likeness (QED) is 0.671. The van der Waals surface area contributed by atoms with Gasteiger partial charge in [-0.15, -0.1) is 0 Å². The number of para-hydroxylation sites is 2. The van der Waals surface area contributed by atoms with Gasteiger partial charge in [0.05, 0.1) is 11.4 Å². The largest absolute Gasteiger partial charge is 0.461 e. The van der Waals surface area contributed by atoms with Gasteiger partial charge in [0, 0.05) is 5.92 Å². The molecule has 4 nitrogen and oxygen atoms in total. The summed E-state index contributed by atoms with van der Waals surface area (Å²) in [6.45, 7) is 0. The third-order valence-electron chi connectivity index (χ3n) is 5.25. The Kier molecular flexibility index (Phi) is 4.70. The third-order valence-corrected chi connectivity index (χ3v) is 5.25. The van der Waals surface area contributed by atoms with E-state index in [0.717, 1.165) is 30.6 Å². The summed E-state index contributed by atoms with van der Waals surface area (Å²) in [5.41, 5.74) is 5.51. The summed E-state index contributed by atoms with van der Waals surface area (Å²) in [7, 11) is 0. The van der Waals surface area contributed by atoms with E-state index in [4.69, 9.17) is 4.74 Å². The fraction of sp³-hybridized carbons (Fsp3) is 0.381. The summed E-state index contributed by atoms with van der Waals surface area (Å²) in [5.74, 6) is 0.138. The van der Waals surface area contributed by atoms with Crippen molar-refractivity contribution in [2.75, 3.05) is 5.01 Å². The van der Waals surface area contributed by atoms with E-state index in [2.05, 4.69) is 5.43 Å². The Labute approximate surface area is 148 Å². The molecule has 2 aliphatic rings. The normalized spacial score (nSPS) is 25.8. The molecule has 1 aliphatic heterocycles. The van der Waals surface area contributed by atoms with Crippen molar-refractivity contribution < 1.29 is 9.53 Å². The Morgan fingerprint density at radius 3 is 2.08 bits per heavy atom. The van der Waals surface area contributed by atoms with Crippen molar-refractivity contribution in [1.82, 2.24) is 5.43 Å². The number of nitrogens with one attached hydrogen (secondary N) is 1. The van der Waals surface area contributed by atoms with Crippen LogP contribution in [0, 0.1) is 5.92 Å². The van der Waals surface area contributed by atoms with E-state index in [9.17, 15) is 4.79 Å². The first-order valence-corrected chi connectivity index (χ1v) is 9.20. The lowest BCUT2D eigenvalue weighted by Crippen LogP contribution is -2.48. The highest BCUT2D eigenvalue weighted by Crippen LogP contribution is 2.35. The zero-order valence-corrected chi connectivity index (χ0v) is 14.3. The minimum Gasteiger partial charge on any atom is -0.461 e. The number of anilines is 2. The predicted molar refractivity (Wildman–Crippen MR) is 98.4 cm³/mol. The van der Waals surface area contributed by atoms with Gasteiger partial charge >= 0.3 is 5.97 Å². The number of esters is 1. The summed E-state index contributed by atoms with van der Waals surface area (Å²) in [5, 5.41) is 2.01. The van der Waals surface area contributed by atoms with Crippen molar-refractivity contribution in [2.24, 2.45) is 5.92 Å². The van der Waals surface area contributed by atoms with E-state index in [1.807, 2.05) is 65.7 Å². The Morgan fingerprint density at radius 2 is 1.44 bits per heavy atom. The summed E-state index contributed by atoms with van der Waals surface area (Å²) in [6, 6.07) is 19.9. The zero-order chi connectivity index (χ0) is 17.1. The Hall–Kier alpha value is -2.33. The van der Waals surface area contributed by atoms with Gasteiger partial charge in [-0.2, -0.15) is 0 Å². The molecule has 1 aliphatic carbocycles. The van der Waals surface area contributed by atoms with Crippen molar-refractivity contribution in [3.05, 3.63) is 60.7 Å². The molecule has 0 spiro atoms. The smallest absolute Gasteiger partial charge is 0.325 e. The van der Waals surface area contributed by atoms with Crippen LogP contribution in [0.2, 0.25) is 0 Å². The molecule has 1 saturated carbocycles. The molecule has 130 valence electrons. The highest BCUT2D eigenvalue weighted by molar-refractivity contribution is 5.79. The second kappa shape index (κ2) is 7.28. The van der Waals surface area contributed by atoms with Crippen LogP contribution in [0.1, 0.15) is 32.1 Å². The summed E-state index contributed by atoms with van der Waals surface area (Å²) in [6.07, 6.45) is 5.67. The van der Waals surface area contributed by atoms with Crippen molar-refractivity contribution in [2.45, 2.75) is 44.2 Å². The highest BCUT2D eigenvalue weighted by Gasteiger charge is 2.45. The summed E-state index contributed by atoms with van der Waals surface area (Å²) < 4.78 is 5.70. The average Bonchev–Trinajstić information content (AvgIpc) is 2.81. The van der Waals surface area contributed by atoms with Gasteiger partial charge in [-0.25, -0.2) is 5.43 Å². The molecule has 1 heterocycles. The van der Waals surface area contributed by atoms with E-state index in [0.29, 0.717) is 0 Å².